The summed E-state index contributed by atoms with van der Waals surface area (Å²) in [6.45, 7) is 0. The van der Waals surface area contributed by atoms with E-state index in [1.807, 2.05) is 35.6 Å². The van der Waals surface area contributed by atoms with Crippen molar-refractivity contribution in [3.63, 3.8) is 0 Å². The van der Waals surface area contributed by atoms with Crippen LogP contribution in [0.15, 0.2) is 35.3 Å². The first-order valence-corrected chi connectivity index (χ1v) is 7.30. The van der Waals surface area contributed by atoms with E-state index < -0.39 is 9.84 Å². The van der Waals surface area contributed by atoms with E-state index in [9.17, 15) is 8.42 Å². The van der Waals surface area contributed by atoms with Crippen LogP contribution in [0, 0.1) is 0 Å². The van der Waals surface area contributed by atoms with Crippen LogP contribution in [-0.4, -0.2) is 38.1 Å². The van der Waals surface area contributed by atoms with Crippen molar-refractivity contribution in [2.75, 3.05) is 11.5 Å². The predicted octanol–water partition coefficient (Wildman–Crippen LogP) is -0.567. The Kier molecular flexibility index (Phi) is 2.41. The molecule has 0 unspecified atom stereocenters. The number of hydrogen-bond donors (Lipinski definition) is 1. The predicted molar refractivity (Wildman–Crippen MR) is 62.8 cm³/mol. The van der Waals surface area contributed by atoms with Crippen molar-refractivity contribution in [2.45, 2.75) is 12.1 Å². The van der Waals surface area contributed by atoms with E-state index in [-0.39, 0.29) is 23.7 Å². The van der Waals surface area contributed by atoms with Gasteiger partial charge in [-0.2, -0.15) is 4.99 Å². The molecule has 0 spiro atoms. The largest absolute Gasteiger partial charge is 0.426 e. The average molecular weight is 253 g/mol. The summed E-state index contributed by atoms with van der Waals surface area (Å²) in [6, 6.07) is 10.0. The highest BCUT2D eigenvalue weighted by Crippen LogP contribution is 2.18. The van der Waals surface area contributed by atoms with E-state index in [1.54, 1.807) is 0 Å². The molecule has 0 aromatic heterocycles. The summed E-state index contributed by atoms with van der Waals surface area (Å²) in [6.07, 6.45) is -0.234. The summed E-state index contributed by atoms with van der Waals surface area (Å²) in [5, 5.41) is 1.82. The van der Waals surface area contributed by atoms with Crippen molar-refractivity contribution >= 4 is 21.5 Å². The number of nitrogens with two attached hydrogens (primary N) is 1. The maximum Gasteiger partial charge on any atom is 0.396 e. The second-order valence-electron chi connectivity index (χ2n) is 4.35. The molecule has 1 aromatic rings. The molecule has 0 radical (unpaired) electrons. The Morgan fingerprint density at radius 3 is 2.71 bits per heavy atom. The third-order valence-corrected chi connectivity index (χ3v) is 4.70. The van der Waals surface area contributed by atoms with Gasteiger partial charge in [0.1, 0.15) is 11.8 Å². The maximum absolute atomic E-state index is 11.4. The molecule has 17 heavy (non-hydrogen) atoms. The Hall–Kier alpha value is -1.40. The smallest absolute Gasteiger partial charge is 0.396 e. The summed E-state index contributed by atoms with van der Waals surface area (Å²) in [7, 11) is -2.91. The zero-order valence-corrected chi connectivity index (χ0v) is 9.93. The molecule has 2 N–H and O–H groups in total. The lowest BCUT2D eigenvalue weighted by molar-refractivity contribution is -0.565. The molecule has 2 heterocycles. The van der Waals surface area contributed by atoms with Gasteiger partial charge in [-0.1, -0.05) is 18.2 Å². The van der Waals surface area contributed by atoms with Crippen molar-refractivity contribution in [3.8, 4) is 0 Å². The van der Waals surface area contributed by atoms with Crippen molar-refractivity contribution in [3.05, 3.63) is 30.3 Å². The topological polar surface area (TPSA) is 72.3 Å². The van der Waals surface area contributed by atoms with E-state index in [2.05, 4.69) is 4.99 Å². The third-order valence-electron chi connectivity index (χ3n) is 2.97. The van der Waals surface area contributed by atoms with Gasteiger partial charge in [-0.15, -0.1) is 0 Å². The molecule has 2 aliphatic rings. The molecule has 0 amide bonds. The molecule has 0 aliphatic carbocycles. The number of fused-ring (bicyclic) bond motifs is 1. The zero-order valence-electron chi connectivity index (χ0n) is 9.11. The molecule has 6 heteroatoms. The average Bonchev–Trinajstić information content (AvgIpc) is 2.72. The Labute approximate surface area is 99.4 Å². The van der Waals surface area contributed by atoms with Crippen LogP contribution < -0.4 is 5.32 Å². The van der Waals surface area contributed by atoms with Crippen LogP contribution in [0.5, 0.6) is 0 Å². The van der Waals surface area contributed by atoms with Gasteiger partial charge in [0.25, 0.3) is 0 Å². The first-order chi connectivity index (χ1) is 8.12. The van der Waals surface area contributed by atoms with Gasteiger partial charge in [-0.05, 0) is 12.1 Å². The van der Waals surface area contributed by atoms with Crippen LogP contribution in [0.2, 0.25) is 0 Å². The monoisotopic (exact) mass is 253 g/mol. The Morgan fingerprint density at radius 1 is 1.24 bits per heavy atom. The van der Waals surface area contributed by atoms with Gasteiger partial charge in [0.15, 0.2) is 15.9 Å². The second-order valence-corrected chi connectivity index (χ2v) is 6.50. The van der Waals surface area contributed by atoms with E-state index in [4.69, 9.17) is 4.74 Å². The Bertz CT molecular complexity index is 531. The minimum atomic E-state index is -2.91. The molecule has 90 valence electrons. The van der Waals surface area contributed by atoms with E-state index >= 15 is 0 Å². The number of amidine groups is 1. The number of nitrogens with zero attached hydrogens (tertiary/aromatic N) is 1. The molecule has 1 aromatic carbocycles. The van der Waals surface area contributed by atoms with Gasteiger partial charge in [0.2, 0.25) is 0 Å². The SMILES string of the molecule is O=S1(=O)C[C@H]2[NH2+]C(=Nc3ccccc3)O[C@@H]2C1. The maximum atomic E-state index is 11.4. The van der Waals surface area contributed by atoms with Gasteiger partial charge >= 0.3 is 6.02 Å². The van der Waals surface area contributed by atoms with Crippen LogP contribution in [-0.2, 0) is 14.6 Å². The highest BCUT2D eigenvalue weighted by Gasteiger charge is 2.48. The van der Waals surface area contributed by atoms with Crippen LogP contribution in [0.1, 0.15) is 0 Å². The molecule has 2 fully saturated rings. The standard InChI is InChI=1S/C11H12N2O3S/c14-17(15)6-9-10(7-17)16-11(13-9)12-8-4-2-1-3-5-8/h1-5,9-10H,6-7H2,(H,12,13)/p+1/t9-,10-/m1/s1. The lowest BCUT2D eigenvalue weighted by atomic mass is 10.2. The second kappa shape index (κ2) is 3.82. The fourth-order valence-corrected chi connectivity index (χ4v) is 4.04. The van der Waals surface area contributed by atoms with E-state index in [0.29, 0.717) is 6.02 Å². The van der Waals surface area contributed by atoms with E-state index in [1.165, 1.54) is 0 Å². The van der Waals surface area contributed by atoms with Crippen molar-refractivity contribution in [1.82, 2.24) is 0 Å². The number of benzene rings is 1. The minimum Gasteiger partial charge on any atom is -0.426 e. The third kappa shape index (κ3) is 2.18. The van der Waals surface area contributed by atoms with Gasteiger partial charge in [-0.3, -0.25) is 5.32 Å². The van der Waals surface area contributed by atoms with Crippen molar-refractivity contribution in [1.29, 1.82) is 0 Å². The quantitative estimate of drug-likeness (QED) is 0.728. The number of aliphatic imine (C=N–C) groups is 1. The molecular weight excluding hydrogens is 240 g/mol. The number of quaternary nitrogens is 1. The van der Waals surface area contributed by atoms with Crippen LogP contribution in [0.3, 0.4) is 0 Å². The zero-order chi connectivity index (χ0) is 11.9. The van der Waals surface area contributed by atoms with Crippen LogP contribution >= 0.6 is 0 Å². The molecular formula is C11H13N2O3S+. The number of para-hydroxylation sites is 1. The van der Waals surface area contributed by atoms with Gasteiger partial charge in [-0.25, -0.2) is 8.42 Å². The summed E-state index contributed by atoms with van der Waals surface area (Å²) >= 11 is 0. The number of ether oxygens (including phenoxy) is 1. The highest BCUT2D eigenvalue weighted by atomic mass is 32.2. The molecule has 2 atom stereocenters. The van der Waals surface area contributed by atoms with Gasteiger partial charge < -0.3 is 4.74 Å². The molecule has 2 aliphatic heterocycles. The minimum absolute atomic E-state index is 0.0255. The molecule has 3 rings (SSSR count). The van der Waals surface area contributed by atoms with Crippen molar-refractivity contribution in [2.24, 2.45) is 4.99 Å². The fourth-order valence-electron chi connectivity index (χ4n) is 2.19. The number of rotatable bonds is 1. The lowest BCUT2D eigenvalue weighted by Crippen LogP contribution is -2.91. The first-order valence-electron chi connectivity index (χ1n) is 5.48. The summed E-state index contributed by atoms with van der Waals surface area (Å²) < 4.78 is 28.3. The van der Waals surface area contributed by atoms with Crippen LogP contribution in [0.25, 0.3) is 0 Å². The number of hydrogen-bond acceptors (Lipinski definition) is 4. The molecule has 2 saturated heterocycles. The summed E-state index contributed by atoms with van der Waals surface area (Å²) in [4.78, 5) is 4.33. The first kappa shape index (κ1) is 10.7. The normalized spacial score (nSPS) is 32.4. The lowest BCUT2D eigenvalue weighted by Gasteiger charge is -1.99. The van der Waals surface area contributed by atoms with E-state index in [0.717, 1.165) is 5.69 Å². The number of sulfone groups is 1. The van der Waals surface area contributed by atoms with Gasteiger partial charge in [0.05, 0.1) is 11.4 Å². The van der Waals surface area contributed by atoms with Crippen molar-refractivity contribution < 1.29 is 18.5 Å². The molecule has 0 bridgehead atoms. The van der Waals surface area contributed by atoms with Gasteiger partial charge in [0, 0.05) is 0 Å². The Morgan fingerprint density at radius 2 is 2.00 bits per heavy atom. The summed E-state index contributed by atoms with van der Waals surface area (Å²) in [5.41, 5.74) is 0.821. The Balaban J connectivity index is 1.77. The molecule has 5 nitrogen and oxygen atoms in total. The van der Waals surface area contributed by atoms with Crippen LogP contribution in [0.4, 0.5) is 5.69 Å². The fraction of sp³-hybridized carbons (Fsp3) is 0.364. The summed E-state index contributed by atoms with van der Waals surface area (Å²) in [5.74, 6) is 0.299. The molecule has 0 saturated carbocycles. The highest BCUT2D eigenvalue weighted by molar-refractivity contribution is 7.91.